The molecule has 28 heavy (non-hydrogen) atoms. The molecule has 0 bridgehead atoms. The van der Waals surface area contributed by atoms with Crippen LogP contribution in [0.4, 0.5) is 4.79 Å². The lowest BCUT2D eigenvalue weighted by Gasteiger charge is -2.30. The van der Waals surface area contributed by atoms with Gasteiger partial charge in [-0.1, -0.05) is 30.3 Å². The molecule has 0 unspecified atom stereocenters. The molecule has 1 aromatic carbocycles. The van der Waals surface area contributed by atoms with Gasteiger partial charge in [0.15, 0.2) is 0 Å². The number of benzene rings is 1. The monoisotopic (exact) mass is 393 g/mol. The van der Waals surface area contributed by atoms with E-state index >= 15 is 0 Å². The van der Waals surface area contributed by atoms with Crippen molar-refractivity contribution in [2.45, 2.75) is 58.3 Å². The van der Waals surface area contributed by atoms with E-state index in [0.717, 1.165) is 5.56 Å². The molecule has 0 aliphatic carbocycles. The summed E-state index contributed by atoms with van der Waals surface area (Å²) >= 11 is 0. The largest absolute Gasteiger partial charge is 0.469 e. The number of nitrogens with one attached hydrogen (secondary N) is 1. The van der Waals surface area contributed by atoms with E-state index in [2.05, 4.69) is 5.32 Å². The van der Waals surface area contributed by atoms with Crippen LogP contribution in [-0.2, 0) is 30.2 Å². The van der Waals surface area contributed by atoms with Gasteiger partial charge >= 0.3 is 12.1 Å². The predicted molar refractivity (Wildman–Crippen MR) is 105 cm³/mol. The van der Waals surface area contributed by atoms with Gasteiger partial charge in [0.05, 0.1) is 25.7 Å². The summed E-state index contributed by atoms with van der Waals surface area (Å²) in [6.07, 6.45) is -0.223. The van der Waals surface area contributed by atoms with Crippen molar-refractivity contribution in [2.75, 3.05) is 13.7 Å². The number of carbonyl (C=O) groups excluding carboxylic acids is 3. The summed E-state index contributed by atoms with van der Waals surface area (Å²) in [6.45, 7) is 8.35. The van der Waals surface area contributed by atoms with E-state index in [0.29, 0.717) is 12.7 Å². The minimum atomic E-state index is -1.29. The highest BCUT2D eigenvalue weighted by atomic mass is 16.6. The van der Waals surface area contributed by atoms with Gasteiger partial charge in [0.2, 0.25) is 0 Å². The maximum atomic E-state index is 12.2. The van der Waals surface area contributed by atoms with Crippen LogP contribution in [0.3, 0.4) is 0 Å². The van der Waals surface area contributed by atoms with Crippen LogP contribution in [0, 0.1) is 5.92 Å². The second-order valence-corrected chi connectivity index (χ2v) is 8.00. The van der Waals surface area contributed by atoms with Crippen LogP contribution in [0.5, 0.6) is 0 Å². The molecular formula is C21H31NO6. The quantitative estimate of drug-likeness (QED) is 0.512. The highest BCUT2D eigenvalue weighted by Crippen LogP contribution is 2.18. The molecule has 0 aliphatic rings. The lowest BCUT2D eigenvalue weighted by molar-refractivity contribution is -0.151. The smallest absolute Gasteiger partial charge is 0.408 e. The second-order valence-electron chi connectivity index (χ2n) is 8.00. The number of esters is 1. The Morgan fingerprint density at radius 3 is 2.25 bits per heavy atom. The third-order valence-corrected chi connectivity index (χ3v) is 4.06. The van der Waals surface area contributed by atoms with Gasteiger partial charge in [-0.05, 0) is 46.6 Å². The minimum Gasteiger partial charge on any atom is -0.469 e. The van der Waals surface area contributed by atoms with E-state index in [1.807, 2.05) is 30.3 Å². The van der Waals surface area contributed by atoms with E-state index in [-0.39, 0.29) is 6.61 Å². The molecule has 1 aromatic rings. The fourth-order valence-corrected chi connectivity index (χ4v) is 2.52. The van der Waals surface area contributed by atoms with Gasteiger partial charge < -0.3 is 24.3 Å². The van der Waals surface area contributed by atoms with Crippen molar-refractivity contribution < 1.29 is 28.6 Å². The van der Waals surface area contributed by atoms with E-state index < -0.39 is 35.2 Å². The maximum Gasteiger partial charge on any atom is 0.408 e. The highest BCUT2D eigenvalue weighted by molar-refractivity contribution is 5.76. The number of rotatable bonds is 9. The average molecular weight is 393 g/mol. The number of hydrogen-bond donors (Lipinski definition) is 1. The van der Waals surface area contributed by atoms with Crippen molar-refractivity contribution in [3.05, 3.63) is 35.9 Å². The van der Waals surface area contributed by atoms with Crippen LogP contribution < -0.4 is 5.32 Å². The lowest BCUT2D eigenvalue weighted by atomic mass is 9.94. The minimum absolute atomic E-state index is 0.112. The summed E-state index contributed by atoms with van der Waals surface area (Å²) in [7, 11) is 1.33. The van der Waals surface area contributed by atoms with E-state index in [1.165, 1.54) is 14.0 Å². The third-order valence-electron chi connectivity index (χ3n) is 4.06. The number of ether oxygens (including phenoxy) is 3. The topological polar surface area (TPSA) is 90.9 Å². The first kappa shape index (κ1) is 23.6. The molecule has 7 nitrogen and oxygen atoms in total. The number of hydrogen-bond acceptors (Lipinski definition) is 6. The Bertz CT molecular complexity index is 655. The van der Waals surface area contributed by atoms with E-state index in [1.54, 1.807) is 27.7 Å². The molecular weight excluding hydrogens is 362 g/mol. The zero-order valence-electron chi connectivity index (χ0n) is 17.5. The zero-order chi connectivity index (χ0) is 21.4. The van der Waals surface area contributed by atoms with Crippen molar-refractivity contribution in [2.24, 2.45) is 5.92 Å². The van der Waals surface area contributed by atoms with Gasteiger partial charge in [-0.3, -0.25) is 4.79 Å². The molecule has 0 aromatic heterocycles. The lowest BCUT2D eigenvalue weighted by Crippen LogP contribution is -2.53. The zero-order valence-corrected chi connectivity index (χ0v) is 17.5. The molecule has 0 spiro atoms. The highest BCUT2D eigenvalue weighted by Gasteiger charge is 2.33. The molecule has 0 heterocycles. The summed E-state index contributed by atoms with van der Waals surface area (Å²) in [5.41, 5.74) is -1.00. The number of aldehydes is 1. The van der Waals surface area contributed by atoms with Crippen LogP contribution in [0.1, 0.15) is 40.2 Å². The van der Waals surface area contributed by atoms with E-state index in [4.69, 9.17) is 14.2 Å². The summed E-state index contributed by atoms with van der Waals surface area (Å²) in [6, 6.07) is 9.52. The standard InChI is InChI=1S/C21H31NO6/c1-15(17(18(24)26-6)12-16-10-8-7-9-11-16)27-14-21(5,13-23)22-19(25)28-20(2,3)4/h7-11,13,15,17H,12,14H2,1-6H3,(H,22,25)/t15-,17-,21+/m0/s1. The van der Waals surface area contributed by atoms with Crippen LogP contribution in [0.2, 0.25) is 0 Å². The molecule has 0 aliphatic heterocycles. The third kappa shape index (κ3) is 8.08. The Morgan fingerprint density at radius 1 is 1.14 bits per heavy atom. The normalized spacial score (nSPS) is 15.6. The van der Waals surface area contributed by atoms with Crippen molar-refractivity contribution in [1.29, 1.82) is 0 Å². The van der Waals surface area contributed by atoms with Crippen LogP contribution in [0.25, 0.3) is 0 Å². The van der Waals surface area contributed by atoms with Crippen LogP contribution in [0.15, 0.2) is 30.3 Å². The Hall–Kier alpha value is -2.41. The summed E-state index contributed by atoms with van der Waals surface area (Å²) < 4.78 is 15.9. The molecule has 1 amide bonds. The van der Waals surface area contributed by atoms with Crippen LogP contribution >= 0.6 is 0 Å². The molecule has 1 N–H and O–H groups in total. The van der Waals surface area contributed by atoms with Gasteiger partial charge in [-0.2, -0.15) is 0 Å². The fraction of sp³-hybridized carbons (Fsp3) is 0.571. The molecule has 3 atom stereocenters. The first-order valence-electron chi connectivity index (χ1n) is 9.20. The number of amides is 1. The van der Waals surface area contributed by atoms with E-state index in [9.17, 15) is 14.4 Å². The summed E-state index contributed by atoms with van der Waals surface area (Å²) in [5, 5.41) is 2.52. The molecule has 156 valence electrons. The second kappa shape index (κ2) is 10.2. The van der Waals surface area contributed by atoms with Gasteiger partial charge in [0.25, 0.3) is 0 Å². The predicted octanol–water partition coefficient (Wildman–Crippen LogP) is 2.91. The van der Waals surface area contributed by atoms with Gasteiger partial charge in [-0.15, -0.1) is 0 Å². The summed E-state index contributed by atoms with van der Waals surface area (Å²) in [5.74, 6) is -0.950. The van der Waals surface area contributed by atoms with Crippen molar-refractivity contribution >= 4 is 18.3 Å². The van der Waals surface area contributed by atoms with Gasteiger partial charge in [0, 0.05) is 0 Å². The molecule has 0 fully saturated rings. The number of carbonyl (C=O) groups is 3. The first-order chi connectivity index (χ1) is 13.0. The number of methoxy groups -OCH3 is 1. The Labute approximate surface area is 166 Å². The molecule has 0 saturated carbocycles. The molecule has 0 radical (unpaired) electrons. The number of alkyl carbamates (subject to hydrolysis) is 1. The molecule has 7 heteroatoms. The van der Waals surface area contributed by atoms with Crippen molar-refractivity contribution in [3.8, 4) is 0 Å². The Balaban J connectivity index is 2.77. The fourth-order valence-electron chi connectivity index (χ4n) is 2.52. The average Bonchev–Trinajstić information content (AvgIpc) is 2.62. The van der Waals surface area contributed by atoms with Gasteiger partial charge in [-0.25, -0.2) is 4.79 Å². The Morgan fingerprint density at radius 2 is 1.75 bits per heavy atom. The SMILES string of the molecule is COC(=O)[C@@H](Cc1ccccc1)[C@H](C)OC[C@@](C)(C=O)NC(=O)OC(C)(C)C. The first-order valence-corrected chi connectivity index (χ1v) is 9.20. The Kier molecular flexibility index (Phi) is 8.63. The summed E-state index contributed by atoms with van der Waals surface area (Å²) in [4.78, 5) is 35.8. The van der Waals surface area contributed by atoms with Crippen LogP contribution in [-0.4, -0.2) is 49.3 Å². The van der Waals surface area contributed by atoms with Gasteiger partial charge in [0.1, 0.15) is 17.4 Å². The van der Waals surface area contributed by atoms with Crippen molar-refractivity contribution in [1.82, 2.24) is 5.32 Å². The molecule has 0 saturated heterocycles. The van der Waals surface area contributed by atoms with Crippen molar-refractivity contribution in [3.63, 3.8) is 0 Å². The maximum absolute atomic E-state index is 12.2. The molecule has 1 rings (SSSR count).